The van der Waals surface area contributed by atoms with Crippen molar-refractivity contribution in [2.75, 3.05) is 27.4 Å². The van der Waals surface area contributed by atoms with Crippen LogP contribution in [0.5, 0.6) is 11.5 Å². The van der Waals surface area contributed by atoms with E-state index in [1.54, 1.807) is 14.2 Å². The molecule has 1 aromatic rings. The average molecular weight is 237 g/mol. The van der Waals surface area contributed by atoms with Crippen molar-refractivity contribution in [2.24, 2.45) is 0 Å². The summed E-state index contributed by atoms with van der Waals surface area (Å²) in [6.07, 6.45) is 0. The number of hydrogen-bond donors (Lipinski definition) is 1. The van der Waals surface area contributed by atoms with E-state index >= 15 is 0 Å². The highest BCUT2D eigenvalue weighted by Gasteiger charge is 2.21. The monoisotopic (exact) mass is 237 g/mol. The molecule has 0 aliphatic carbocycles. The van der Waals surface area contributed by atoms with E-state index in [0.717, 1.165) is 24.7 Å². The van der Waals surface area contributed by atoms with Gasteiger partial charge in [-0.05, 0) is 24.6 Å². The van der Waals surface area contributed by atoms with Crippen molar-refractivity contribution in [2.45, 2.75) is 19.0 Å². The Hall–Kier alpha value is -1.26. The van der Waals surface area contributed by atoms with E-state index < -0.39 is 0 Å². The lowest BCUT2D eigenvalue weighted by atomic mass is 10.1. The smallest absolute Gasteiger partial charge is 0.161 e. The van der Waals surface area contributed by atoms with Gasteiger partial charge in [0.25, 0.3) is 0 Å². The summed E-state index contributed by atoms with van der Waals surface area (Å²) in [5.41, 5.74) is 1.19. The summed E-state index contributed by atoms with van der Waals surface area (Å²) in [7, 11) is 3.30. The lowest BCUT2D eigenvalue weighted by molar-refractivity contribution is -0.00926. The molecule has 17 heavy (non-hydrogen) atoms. The third kappa shape index (κ3) is 2.70. The lowest BCUT2D eigenvalue weighted by Gasteiger charge is -2.30. The molecule has 4 nitrogen and oxygen atoms in total. The minimum Gasteiger partial charge on any atom is -0.493 e. The minimum absolute atomic E-state index is 0.281. The minimum atomic E-state index is 0.281. The summed E-state index contributed by atoms with van der Waals surface area (Å²) >= 11 is 0. The molecule has 0 radical (unpaired) electrons. The van der Waals surface area contributed by atoms with E-state index in [1.807, 2.05) is 12.1 Å². The van der Waals surface area contributed by atoms with E-state index in [0.29, 0.717) is 6.04 Å². The first kappa shape index (κ1) is 12.2. The van der Waals surface area contributed by atoms with Crippen LogP contribution in [0.4, 0.5) is 0 Å². The van der Waals surface area contributed by atoms with E-state index in [9.17, 15) is 0 Å². The van der Waals surface area contributed by atoms with Gasteiger partial charge in [-0.15, -0.1) is 0 Å². The largest absolute Gasteiger partial charge is 0.493 e. The molecule has 0 amide bonds. The van der Waals surface area contributed by atoms with Gasteiger partial charge < -0.3 is 19.5 Å². The van der Waals surface area contributed by atoms with Crippen LogP contribution in [0.2, 0.25) is 0 Å². The molecular weight excluding hydrogens is 218 g/mol. The third-order valence-electron chi connectivity index (χ3n) is 3.03. The Morgan fingerprint density at radius 2 is 1.94 bits per heavy atom. The van der Waals surface area contributed by atoms with Gasteiger partial charge in [0.1, 0.15) is 0 Å². The summed E-state index contributed by atoms with van der Waals surface area (Å²) in [4.78, 5) is 0. The molecule has 1 N–H and O–H groups in total. The number of methoxy groups -OCH3 is 2. The fraction of sp³-hybridized carbons (Fsp3) is 0.538. The van der Waals surface area contributed by atoms with Crippen LogP contribution in [0.1, 0.15) is 18.5 Å². The van der Waals surface area contributed by atoms with Crippen LogP contribution in [0, 0.1) is 0 Å². The molecule has 2 rings (SSSR count). The maximum Gasteiger partial charge on any atom is 0.161 e. The van der Waals surface area contributed by atoms with Crippen LogP contribution in [-0.2, 0) is 4.74 Å². The zero-order valence-corrected chi connectivity index (χ0v) is 10.5. The van der Waals surface area contributed by atoms with E-state index in [2.05, 4.69) is 18.3 Å². The lowest BCUT2D eigenvalue weighted by Crippen LogP contribution is -2.46. The van der Waals surface area contributed by atoms with Crippen molar-refractivity contribution in [3.8, 4) is 11.5 Å². The average Bonchev–Trinajstić information content (AvgIpc) is 2.32. The van der Waals surface area contributed by atoms with Crippen LogP contribution in [0.25, 0.3) is 0 Å². The zero-order chi connectivity index (χ0) is 12.3. The van der Waals surface area contributed by atoms with Crippen molar-refractivity contribution >= 4 is 0 Å². The van der Waals surface area contributed by atoms with Crippen LogP contribution in [0.15, 0.2) is 18.2 Å². The predicted molar refractivity (Wildman–Crippen MR) is 65.7 cm³/mol. The van der Waals surface area contributed by atoms with Gasteiger partial charge in [0.15, 0.2) is 11.5 Å². The first-order chi connectivity index (χ1) is 8.24. The number of nitrogens with one attached hydrogen (secondary N) is 1. The summed E-state index contributed by atoms with van der Waals surface area (Å²) < 4.78 is 15.7. The molecule has 1 aromatic carbocycles. The van der Waals surface area contributed by atoms with Crippen LogP contribution in [-0.4, -0.2) is 33.5 Å². The molecule has 1 atom stereocenters. The Labute approximate surface area is 102 Å². The SMILES string of the molecule is COc1ccc(C(C)NC2COC2)cc1OC. The molecule has 1 unspecified atom stereocenters. The van der Waals surface area contributed by atoms with Gasteiger partial charge in [-0.2, -0.15) is 0 Å². The predicted octanol–water partition coefficient (Wildman–Crippen LogP) is 1.75. The molecule has 0 bridgehead atoms. The molecule has 1 heterocycles. The first-order valence-corrected chi connectivity index (χ1v) is 5.80. The highest BCUT2D eigenvalue weighted by Crippen LogP contribution is 2.30. The maximum absolute atomic E-state index is 5.29. The summed E-state index contributed by atoms with van der Waals surface area (Å²) in [5.74, 6) is 1.53. The Balaban J connectivity index is 2.08. The molecule has 0 aromatic heterocycles. The normalized spacial score (nSPS) is 17.4. The van der Waals surface area contributed by atoms with Crippen molar-refractivity contribution in [3.63, 3.8) is 0 Å². The Kier molecular flexibility index (Phi) is 3.86. The fourth-order valence-electron chi connectivity index (χ4n) is 1.90. The molecule has 1 fully saturated rings. The van der Waals surface area contributed by atoms with Gasteiger partial charge in [-0.1, -0.05) is 6.07 Å². The van der Waals surface area contributed by atoms with Gasteiger partial charge >= 0.3 is 0 Å². The van der Waals surface area contributed by atoms with Gasteiger partial charge in [0.05, 0.1) is 33.5 Å². The van der Waals surface area contributed by atoms with Crippen molar-refractivity contribution in [3.05, 3.63) is 23.8 Å². The van der Waals surface area contributed by atoms with Crippen LogP contribution in [0.3, 0.4) is 0 Å². The third-order valence-corrected chi connectivity index (χ3v) is 3.03. The van der Waals surface area contributed by atoms with Gasteiger partial charge in [0, 0.05) is 6.04 Å². The van der Waals surface area contributed by atoms with Gasteiger partial charge in [-0.25, -0.2) is 0 Å². The molecule has 0 saturated carbocycles. The standard InChI is InChI=1S/C13H19NO3/c1-9(14-11-7-17-8-11)10-4-5-12(15-2)13(6-10)16-3/h4-6,9,11,14H,7-8H2,1-3H3. The highest BCUT2D eigenvalue weighted by atomic mass is 16.5. The fourth-order valence-corrected chi connectivity index (χ4v) is 1.90. The molecule has 4 heteroatoms. The second-order valence-electron chi connectivity index (χ2n) is 4.24. The topological polar surface area (TPSA) is 39.7 Å². The molecular formula is C13H19NO3. The van der Waals surface area contributed by atoms with Gasteiger partial charge in [0.2, 0.25) is 0 Å². The maximum atomic E-state index is 5.29. The molecule has 1 aliphatic rings. The molecule has 94 valence electrons. The summed E-state index contributed by atoms with van der Waals surface area (Å²) in [5, 5.41) is 3.50. The second-order valence-corrected chi connectivity index (χ2v) is 4.24. The summed E-state index contributed by atoms with van der Waals surface area (Å²) in [6, 6.07) is 6.75. The van der Waals surface area contributed by atoms with Crippen molar-refractivity contribution in [1.82, 2.24) is 5.32 Å². The Morgan fingerprint density at radius 1 is 1.24 bits per heavy atom. The second kappa shape index (κ2) is 5.38. The van der Waals surface area contributed by atoms with Gasteiger partial charge in [-0.3, -0.25) is 0 Å². The summed E-state index contributed by atoms with van der Waals surface area (Å²) in [6.45, 7) is 3.74. The Bertz CT molecular complexity index is 377. The highest BCUT2D eigenvalue weighted by molar-refractivity contribution is 5.43. The molecule has 0 spiro atoms. The molecule has 1 saturated heterocycles. The van der Waals surface area contributed by atoms with Crippen molar-refractivity contribution in [1.29, 1.82) is 0 Å². The van der Waals surface area contributed by atoms with E-state index in [4.69, 9.17) is 14.2 Å². The zero-order valence-electron chi connectivity index (χ0n) is 10.5. The van der Waals surface area contributed by atoms with Crippen molar-refractivity contribution < 1.29 is 14.2 Å². The number of hydrogen-bond acceptors (Lipinski definition) is 4. The van der Waals surface area contributed by atoms with E-state index in [1.165, 1.54) is 5.56 Å². The number of ether oxygens (including phenoxy) is 3. The van der Waals surface area contributed by atoms with Crippen LogP contribution < -0.4 is 14.8 Å². The molecule has 1 aliphatic heterocycles. The Morgan fingerprint density at radius 3 is 2.47 bits per heavy atom. The first-order valence-electron chi connectivity index (χ1n) is 5.80. The van der Waals surface area contributed by atoms with E-state index in [-0.39, 0.29) is 6.04 Å². The number of rotatable bonds is 5. The number of benzene rings is 1. The quantitative estimate of drug-likeness (QED) is 0.847. The van der Waals surface area contributed by atoms with Crippen LogP contribution >= 0.6 is 0 Å².